The first kappa shape index (κ1) is 24.6. The molecule has 3 aromatic carbocycles. The molecule has 2 atom stereocenters. The Morgan fingerprint density at radius 3 is 2.43 bits per heavy atom. The summed E-state index contributed by atoms with van der Waals surface area (Å²) in [6.45, 7) is 3.30. The lowest BCUT2D eigenvalue weighted by Crippen LogP contribution is -2.36. The average Bonchev–Trinajstić information content (AvgIpc) is 3.52. The summed E-state index contributed by atoms with van der Waals surface area (Å²) in [6.07, 6.45) is 1.56. The van der Waals surface area contributed by atoms with Gasteiger partial charge in [0, 0.05) is 18.7 Å². The van der Waals surface area contributed by atoms with Crippen molar-refractivity contribution in [1.29, 1.82) is 0 Å². The second-order valence-electron chi connectivity index (χ2n) is 9.03. The third-order valence-corrected chi connectivity index (χ3v) is 6.56. The van der Waals surface area contributed by atoms with E-state index < -0.39 is 17.7 Å². The monoisotopic (exact) mass is 499 g/mol. The highest BCUT2D eigenvalue weighted by Crippen LogP contribution is 2.41. The molecular formula is C30H29NO6. The molecular weight excluding hydrogens is 470 g/mol. The van der Waals surface area contributed by atoms with Crippen LogP contribution in [0.15, 0.2) is 84.4 Å². The van der Waals surface area contributed by atoms with Gasteiger partial charge in [-0.15, -0.1) is 0 Å². The molecule has 5 rings (SSSR count). The molecule has 3 aromatic rings. The van der Waals surface area contributed by atoms with Crippen molar-refractivity contribution in [3.8, 4) is 17.2 Å². The number of carbonyl (C=O) groups excluding carboxylic acids is 2. The lowest BCUT2D eigenvalue weighted by atomic mass is 9.95. The van der Waals surface area contributed by atoms with E-state index in [-0.39, 0.29) is 24.0 Å². The molecule has 0 bridgehead atoms. The van der Waals surface area contributed by atoms with Crippen LogP contribution < -0.4 is 9.47 Å². The number of ether oxygens (including phenoxy) is 3. The molecule has 1 N–H and O–H groups in total. The summed E-state index contributed by atoms with van der Waals surface area (Å²) in [4.78, 5) is 28.1. The van der Waals surface area contributed by atoms with Crippen LogP contribution in [0.25, 0.3) is 5.76 Å². The summed E-state index contributed by atoms with van der Waals surface area (Å²) in [6, 6.07) is 22.7. The molecule has 2 aliphatic rings. The van der Waals surface area contributed by atoms with Crippen molar-refractivity contribution in [1.82, 2.24) is 4.90 Å². The second kappa shape index (κ2) is 10.9. The van der Waals surface area contributed by atoms with Crippen LogP contribution in [0.1, 0.15) is 36.9 Å². The van der Waals surface area contributed by atoms with Gasteiger partial charge in [-0.1, -0.05) is 30.3 Å². The number of hydrogen-bond donors (Lipinski definition) is 1. The van der Waals surface area contributed by atoms with Gasteiger partial charge in [0.1, 0.15) is 23.0 Å². The predicted molar refractivity (Wildman–Crippen MR) is 139 cm³/mol. The van der Waals surface area contributed by atoms with Gasteiger partial charge < -0.3 is 24.2 Å². The van der Waals surface area contributed by atoms with E-state index in [0.717, 1.165) is 12.8 Å². The number of ketones is 1. The molecule has 2 aliphatic heterocycles. The van der Waals surface area contributed by atoms with Gasteiger partial charge in [-0.3, -0.25) is 9.59 Å². The molecule has 0 spiro atoms. The zero-order valence-electron chi connectivity index (χ0n) is 20.6. The largest absolute Gasteiger partial charge is 0.507 e. The van der Waals surface area contributed by atoms with Crippen LogP contribution >= 0.6 is 0 Å². The average molecular weight is 500 g/mol. The normalized spacial score (nSPS) is 20.8. The van der Waals surface area contributed by atoms with Crippen LogP contribution in [-0.2, 0) is 14.3 Å². The highest BCUT2D eigenvalue weighted by molar-refractivity contribution is 6.46. The number of aliphatic hydroxyl groups excluding tert-OH is 1. The van der Waals surface area contributed by atoms with Gasteiger partial charge in [-0.05, 0) is 73.9 Å². The van der Waals surface area contributed by atoms with Crippen molar-refractivity contribution in [3.05, 3.63) is 95.6 Å². The molecule has 2 saturated heterocycles. The minimum Gasteiger partial charge on any atom is -0.507 e. The van der Waals surface area contributed by atoms with Crippen LogP contribution in [0.2, 0.25) is 0 Å². The Bertz CT molecular complexity index is 1300. The molecule has 2 heterocycles. The molecule has 37 heavy (non-hydrogen) atoms. The first-order chi connectivity index (χ1) is 18.0. The number of aliphatic hydroxyl groups is 1. The standard InChI is InChI=1S/C30H29NO6/c1-2-35-22-15-13-20(14-16-22)28(32)26-27(31(30(34)29(26)33)19-25-12-7-17-36-25)21-8-6-11-24(18-21)37-23-9-4-3-5-10-23/h3-6,8-11,13-16,18,25,27,32H,2,7,12,17,19H2,1H3/t25-,27-/m1/s1. The minimum atomic E-state index is -0.782. The Labute approximate surface area is 215 Å². The van der Waals surface area contributed by atoms with Crippen LogP contribution in [0.3, 0.4) is 0 Å². The summed E-state index contributed by atoms with van der Waals surface area (Å²) < 4.78 is 17.3. The molecule has 0 aliphatic carbocycles. The van der Waals surface area contributed by atoms with Crippen LogP contribution in [0.4, 0.5) is 0 Å². The van der Waals surface area contributed by atoms with Gasteiger partial charge in [-0.25, -0.2) is 0 Å². The lowest BCUT2D eigenvalue weighted by molar-refractivity contribution is -0.140. The minimum absolute atomic E-state index is 0.0454. The number of carbonyl (C=O) groups is 2. The van der Waals surface area contributed by atoms with E-state index in [9.17, 15) is 14.7 Å². The van der Waals surface area contributed by atoms with E-state index in [2.05, 4.69) is 0 Å². The zero-order valence-corrected chi connectivity index (χ0v) is 20.6. The van der Waals surface area contributed by atoms with Gasteiger partial charge in [0.05, 0.1) is 24.3 Å². The van der Waals surface area contributed by atoms with E-state index in [1.807, 2.05) is 55.5 Å². The first-order valence-corrected chi connectivity index (χ1v) is 12.5. The number of Topliss-reactive ketones (excluding diaryl/α,β-unsaturated/α-hetero) is 1. The van der Waals surface area contributed by atoms with Gasteiger partial charge in [0.15, 0.2) is 0 Å². The molecule has 2 fully saturated rings. The van der Waals surface area contributed by atoms with E-state index in [1.54, 1.807) is 30.3 Å². The van der Waals surface area contributed by atoms with Crippen LogP contribution in [0.5, 0.6) is 17.2 Å². The zero-order chi connectivity index (χ0) is 25.8. The number of hydrogen-bond acceptors (Lipinski definition) is 6. The van der Waals surface area contributed by atoms with Gasteiger partial charge in [-0.2, -0.15) is 0 Å². The van der Waals surface area contributed by atoms with Gasteiger partial charge >= 0.3 is 0 Å². The number of nitrogens with zero attached hydrogens (tertiary/aromatic N) is 1. The third kappa shape index (κ3) is 5.22. The van der Waals surface area contributed by atoms with Gasteiger partial charge in [0.25, 0.3) is 11.7 Å². The fourth-order valence-corrected chi connectivity index (χ4v) is 4.83. The molecule has 7 heteroatoms. The van der Waals surface area contributed by atoms with E-state index >= 15 is 0 Å². The molecule has 1 amide bonds. The topological polar surface area (TPSA) is 85.3 Å². The van der Waals surface area contributed by atoms with E-state index in [1.165, 1.54) is 4.90 Å². The van der Waals surface area contributed by atoms with Crippen molar-refractivity contribution >= 4 is 17.4 Å². The predicted octanol–water partition coefficient (Wildman–Crippen LogP) is 5.48. The van der Waals surface area contributed by atoms with Crippen molar-refractivity contribution in [2.45, 2.75) is 31.9 Å². The Morgan fingerprint density at radius 1 is 0.973 bits per heavy atom. The molecule has 0 aromatic heterocycles. The Kier molecular flexibility index (Phi) is 7.23. The quantitative estimate of drug-likeness (QED) is 0.251. The molecule has 0 saturated carbocycles. The van der Waals surface area contributed by atoms with Gasteiger partial charge in [0.2, 0.25) is 0 Å². The maximum absolute atomic E-state index is 13.3. The number of benzene rings is 3. The van der Waals surface area contributed by atoms with E-state index in [0.29, 0.717) is 41.6 Å². The number of para-hydroxylation sites is 1. The van der Waals surface area contributed by atoms with Crippen LogP contribution in [-0.4, -0.2) is 47.6 Å². The summed E-state index contributed by atoms with van der Waals surface area (Å²) in [7, 11) is 0. The fourth-order valence-electron chi connectivity index (χ4n) is 4.83. The van der Waals surface area contributed by atoms with Crippen molar-refractivity contribution in [2.24, 2.45) is 0 Å². The number of rotatable bonds is 8. The number of likely N-dealkylation sites (tertiary alicyclic amines) is 1. The summed E-state index contributed by atoms with van der Waals surface area (Å²) >= 11 is 0. The van der Waals surface area contributed by atoms with Crippen molar-refractivity contribution in [2.75, 3.05) is 19.8 Å². The Balaban J connectivity index is 1.56. The second-order valence-corrected chi connectivity index (χ2v) is 9.03. The molecule has 0 radical (unpaired) electrons. The maximum Gasteiger partial charge on any atom is 0.295 e. The van der Waals surface area contributed by atoms with Crippen molar-refractivity contribution < 1.29 is 28.9 Å². The van der Waals surface area contributed by atoms with Crippen LogP contribution in [0, 0.1) is 0 Å². The van der Waals surface area contributed by atoms with E-state index in [4.69, 9.17) is 14.2 Å². The SMILES string of the molecule is CCOc1ccc(C(O)=C2C(=O)C(=O)N(C[C@H]3CCCO3)[C@@H]2c2cccc(Oc3ccccc3)c2)cc1. The third-order valence-electron chi connectivity index (χ3n) is 6.56. The molecule has 0 unspecified atom stereocenters. The molecule has 7 nitrogen and oxygen atoms in total. The highest BCUT2D eigenvalue weighted by Gasteiger charge is 2.47. The highest BCUT2D eigenvalue weighted by atomic mass is 16.5. The Morgan fingerprint density at radius 2 is 1.73 bits per heavy atom. The smallest absolute Gasteiger partial charge is 0.295 e. The lowest BCUT2D eigenvalue weighted by Gasteiger charge is -2.27. The fraction of sp³-hybridized carbons (Fsp3) is 0.267. The summed E-state index contributed by atoms with van der Waals surface area (Å²) in [5.41, 5.74) is 1.14. The Hall–Kier alpha value is -4.10. The maximum atomic E-state index is 13.3. The molecule has 190 valence electrons. The van der Waals surface area contributed by atoms with Crippen molar-refractivity contribution in [3.63, 3.8) is 0 Å². The first-order valence-electron chi connectivity index (χ1n) is 12.5. The summed E-state index contributed by atoms with van der Waals surface area (Å²) in [5.74, 6) is 0.289. The summed E-state index contributed by atoms with van der Waals surface area (Å²) in [5, 5.41) is 11.3. The number of amides is 1.